The standard InChI is InChI=1S/C19H24F2O2/c1-23-19-17(20)10-15(11-18(19)21)14-4-2-12(3-5-14)13-6-8-16(22)9-7-13/h10-14H,2-9H2,1H3. The summed E-state index contributed by atoms with van der Waals surface area (Å²) in [5, 5.41) is 0. The Morgan fingerprint density at radius 3 is 1.96 bits per heavy atom. The predicted octanol–water partition coefficient (Wildman–Crippen LogP) is 5.01. The van der Waals surface area contributed by atoms with E-state index in [1.165, 1.54) is 19.2 Å². The minimum absolute atomic E-state index is 0.228. The number of ketones is 1. The Balaban J connectivity index is 1.62. The average Bonchev–Trinajstić information content (AvgIpc) is 2.55. The van der Waals surface area contributed by atoms with Crippen LogP contribution in [0.2, 0.25) is 0 Å². The Labute approximate surface area is 136 Å². The van der Waals surface area contributed by atoms with Gasteiger partial charge in [-0.15, -0.1) is 0 Å². The van der Waals surface area contributed by atoms with Gasteiger partial charge in [-0.1, -0.05) is 0 Å². The van der Waals surface area contributed by atoms with E-state index in [-0.39, 0.29) is 11.7 Å². The number of benzene rings is 1. The summed E-state index contributed by atoms with van der Waals surface area (Å²) in [5.41, 5.74) is 0.748. The summed E-state index contributed by atoms with van der Waals surface area (Å²) >= 11 is 0. The second-order valence-electron chi connectivity index (χ2n) is 7.01. The molecule has 0 atom stereocenters. The first-order chi connectivity index (χ1) is 11.1. The van der Waals surface area contributed by atoms with Gasteiger partial charge in [0.2, 0.25) is 0 Å². The molecule has 0 N–H and O–H groups in total. The van der Waals surface area contributed by atoms with Crippen molar-refractivity contribution in [2.24, 2.45) is 11.8 Å². The fourth-order valence-corrected chi connectivity index (χ4v) is 4.37. The molecule has 0 amide bonds. The van der Waals surface area contributed by atoms with E-state index in [4.69, 9.17) is 4.74 Å². The molecule has 1 aromatic carbocycles. The summed E-state index contributed by atoms with van der Waals surface area (Å²) in [4.78, 5) is 11.4. The van der Waals surface area contributed by atoms with Crippen molar-refractivity contribution in [3.8, 4) is 5.75 Å². The second kappa shape index (κ2) is 6.98. The Hall–Kier alpha value is -1.45. The maximum absolute atomic E-state index is 13.9. The van der Waals surface area contributed by atoms with Gasteiger partial charge in [0, 0.05) is 12.8 Å². The molecule has 0 spiro atoms. The summed E-state index contributed by atoms with van der Waals surface area (Å²) < 4.78 is 32.5. The highest BCUT2D eigenvalue weighted by molar-refractivity contribution is 5.79. The molecule has 4 heteroatoms. The lowest BCUT2D eigenvalue weighted by Crippen LogP contribution is -2.25. The zero-order valence-corrected chi connectivity index (χ0v) is 13.6. The Morgan fingerprint density at radius 2 is 1.43 bits per heavy atom. The average molecular weight is 322 g/mol. The van der Waals surface area contributed by atoms with Crippen LogP contribution in [0, 0.1) is 23.5 Å². The molecule has 0 saturated heterocycles. The quantitative estimate of drug-likeness (QED) is 0.782. The summed E-state index contributed by atoms with van der Waals surface area (Å²) in [6, 6.07) is 2.85. The third-order valence-corrected chi connectivity index (χ3v) is 5.72. The SMILES string of the molecule is COc1c(F)cc(C2CCC(C3CCC(=O)CC3)CC2)cc1F. The summed E-state index contributed by atoms with van der Waals surface area (Å²) in [7, 11) is 1.28. The number of carbonyl (C=O) groups is 1. The summed E-state index contributed by atoms with van der Waals surface area (Å²) in [5.74, 6) is 0.441. The van der Waals surface area contributed by atoms with Crippen LogP contribution < -0.4 is 4.74 Å². The monoisotopic (exact) mass is 322 g/mol. The van der Waals surface area contributed by atoms with E-state index < -0.39 is 11.6 Å². The molecular weight excluding hydrogens is 298 g/mol. The van der Waals surface area contributed by atoms with E-state index in [1.54, 1.807) is 0 Å². The van der Waals surface area contributed by atoms with Crippen LogP contribution >= 0.6 is 0 Å². The minimum atomic E-state index is -0.615. The maximum Gasteiger partial charge on any atom is 0.190 e. The summed E-state index contributed by atoms with van der Waals surface area (Å²) in [6.07, 6.45) is 7.66. The molecule has 0 aromatic heterocycles. The first kappa shape index (κ1) is 16.4. The number of methoxy groups -OCH3 is 1. The van der Waals surface area contributed by atoms with Crippen LogP contribution in [0.25, 0.3) is 0 Å². The van der Waals surface area contributed by atoms with Crippen molar-refractivity contribution in [2.75, 3.05) is 7.11 Å². The largest absolute Gasteiger partial charge is 0.491 e. The Kier molecular flexibility index (Phi) is 4.98. The number of halogens is 2. The van der Waals surface area contributed by atoms with Gasteiger partial charge in [0.25, 0.3) is 0 Å². The molecule has 2 saturated carbocycles. The Bertz CT molecular complexity index is 544. The van der Waals surface area contributed by atoms with Gasteiger partial charge >= 0.3 is 0 Å². The molecule has 126 valence electrons. The molecular formula is C19H24F2O2. The first-order valence-electron chi connectivity index (χ1n) is 8.63. The van der Waals surface area contributed by atoms with Crippen molar-refractivity contribution in [1.82, 2.24) is 0 Å². The number of ether oxygens (including phenoxy) is 1. The van der Waals surface area contributed by atoms with Crippen LogP contribution in [0.15, 0.2) is 12.1 Å². The van der Waals surface area contributed by atoms with Gasteiger partial charge in [0.05, 0.1) is 7.11 Å². The van der Waals surface area contributed by atoms with Gasteiger partial charge in [-0.2, -0.15) is 0 Å². The minimum Gasteiger partial charge on any atom is -0.491 e. The number of Topliss-reactive ketones (excluding diaryl/α,β-unsaturated/α-hetero) is 1. The highest BCUT2D eigenvalue weighted by atomic mass is 19.1. The maximum atomic E-state index is 13.9. The van der Waals surface area contributed by atoms with Crippen LogP contribution in [0.3, 0.4) is 0 Å². The van der Waals surface area contributed by atoms with E-state index in [9.17, 15) is 13.6 Å². The normalized spacial score (nSPS) is 26.3. The van der Waals surface area contributed by atoms with Crippen molar-refractivity contribution < 1.29 is 18.3 Å². The third-order valence-electron chi connectivity index (χ3n) is 5.72. The van der Waals surface area contributed by atoms with Gasteiger partial charge in [-0.05, 0) is 74.0 Å². The zero-order chi connectivity index (χ0) is 16.4. The molecule has 2 fully saturated rings. The van der Waals surface area contributed by atoms with Gasteiger partial charge in [-0.3, -0.25) is 4.79 Å². The molecule has 0 heterocycles. The highest BCUT2D eigenvalue weighted by Gasteiger charge is 2.31. The Morgan fingerprint density at radius 1 is 0.913 bits per heavy atom. The number of carbonyl (C=O) groups excluding carboxylic acids is 1. The smallest absolute Gasteiger partial charge is 0.190 e. The first-order valence-corrected chi connectivity index (χ1v) is 8.63. The highest BCUT2D eigenvalue weighted by Crippen LogP contribution is 2.43. The van der Waals surface area contributed by atoms with Gasteiger partial charge in [0.1, 0.15) is 5.78 Å². The molecule has 0 aliphatic heterocycles. The van der Waals surface area contributed by atoms with Crippen molar-refractivity contribution in [2.45, 2.75) is 57.3 Å². The molecule has 0 unspecified atom stereocenters. The lowest BCUT2D eigenvalue weighted by atomic mass is 9.70. The van der Waals surface area contributed by atoms with Crippen LogP contribution in [-0.2, 0) is 4.79 Å². The molecule has 0 radical (unpaired) electrons. The van der Waals surface area contributed by atoms with Crippen LogP contribution in [0.5, 0.6) is 5.75 Å². The van der Waals surface area contributed by atoms with E-state index in [1.807, 2.05) is 0 Å². The predicted molar refractivity (Wildman–Crippen MR) is 84.6 cm³/mol. The van der Waals surface area contributed by atoms with E-state index in [0.29, 0.717) is 17.6 Å². The topological polar surface area (TPSA) is 26.3 Å². The molecule has 3 rings (SSSR count). The number of hydrogen-bond donors (Lipinski definition) is 0. The van der Waals surface area contributed by atoms with Gasteiger partial charge in [-0.25, -0.2) is 8.78 Å². The fraction of sp³-hybridized carbons (Fsp3) is 0.632. The van der Waals surface area contributed by atoms with Crippen LogP contribution in [0.1, 0.15) is 62.8 Å². The summed E-state index contributed by atoms with van der Waals surface area (Å²) in [6.45, 7) is 0. The van der Waals surface area contributed by atoms with Gasteiger partial charge < -0.3 is 4.74 Å². The lowest BCUT2D eigenvalue weighted by Gasteiger charge is -2.35. The molecule has 2 aliphatic carbocycles. The van der Waals surface area contributed by atoms with Crippen molar-refractivity contribution >= 4 is 5.78 Å². The second-order valence-corrected chi connectivity index (χ2v) is 7.01. The van der Waals surface area contributed by atoms with E-state index in [0.717, 1.165) is 56.9 Å². The zero-order valence-electron chi connectivity index (χ0n) is 13.6. The number of rotatable bonds is 3. The van der Waals surface area contributed by atoms with Crippen LogP contribution in [0.4, 0.5) is 8.78 Å². The fourth-order valence-electron chi connectivity index (χ4n) is 4.37. The van der Waals surface area contributed by atoms with Gasteiger partial charge in [0.15, 0.2) is 17.4 Å². The number of hydrogen-bond acceptors (Lipinski definition) is 2. The molecule has 23 heavy (non-hydrogen) atoms. The van der Waals surface area contributed by atoms with Crippen molar-refractivity contribution in [1.29, 1.82) is 0 Å². The molecule has 1 aromatic rings. The van der Waals surface area contributed by atoms with Crippen molar-refractivity contribution in [3.63, 3.8) is 0 Å². The molecule has 2 nitrogen and oxygen atoms in total. The van der Waals surface area contributed by atoms with Crippen molar-refractivity contribution in [3.05, 3.63) is 29.3 Å². The lowest BCUT2D eigenvalue weighted by molar-refractivity contribution is -0.121. The van der Waals surface area contributed by atoms with E-state index >= 15 is 0 Å². The third kappa shape index (κ3) is 3.56. The molecule has 0 bridgehead atoms. The molecule has 2 aliphatic rings. The van der Waals surface area contributed by atoms with E-state index in [2.05, 4.69) is 0 Å². The van der Waals surface area contributed by atoms with Crippen LogP contribution in [-0.4, -0.2) is 12.9 Å².